The van der Waals surface area contributed by atoms with Gasteiger partial charge in [0, 0.05) is 30.1 Å². The molecule has 3 aromatic rings. The van der Waals surface area contributed by atoms with Crippen LogP contribution in [0.15, 0.2) is 41.3 Å². The predicted octanol–water partition coefficient (Wildman–Crippen LogP) is 1.94. The highest BCUT2D eigenvalue weighted by Gasteiger charge is 2.11. The van der Waals surface area contributed by atoms with Gasteiger partial charge in [-0.05, 0) is 34.1 Å². The number of aromatic nitrogens is 4. The van der Waals surface area contributed by atoms with E-state index in [1.807, 2.05) is 12.1 Å². The van der Waals surface area contributed by atoms with Crippen LogP contribution >= 0.6 is 15.9 Å². The van der Waals surface area contributed by atoms with Gasteiger partial charge >= 0.3 is 0 Å². The molecule has 1 N–H and O–H groups in total. The zero-order valence-electron chi connectivity index (χ0n) is 10.5. The third-order valence-corrected chi connectivity index (χ3v) is 3.25. The zero-order valence-corrected chi connectivity index (χ0v) is 12.1. The summed E-state index contributed by atoms with van der Waals surface area (Å²) in [6.45, 7) is 0. The van der Waals surface area contributed by atoms with Crippen molar-refractivity contribution in [3.8, 4) is 5.69 Å². The number of hydrogen-bond acceptors (Lipinski definition) is 4. The molecule has 20 heavy (non-hydrogen) atoms. The molecule has 0 spiro atoms. The first kappa shape index (κ1) is 12.7. The highest BCUT2D eigenvalue weighted by atomic mass is 79.9. The molecule has 0 aliphatic heterocycles. The quantitative estimate of drug-likeness (QED) is 0.778. The van der Waals surface area contributed by atoms with E-state index in [9.17, 15) is 4.79 Å². The Bertz CT molecular complexity index is 798. The van der Waals surface area contributed by atoms with Gasteiger partial charge in [0.15, 0.2) is 5.69 Å². The lowest BCUT2D eigenvalue weighted by Crippen LogP contribution is -2.18. The van der Waals surface area contributed by atoms with Crippen LogP contribution in [0.1, 0.15) is 10.5 Å². The van der Waals surface area contributed by atoms with Crippen LogP contribution in [0.3, 0.4) is 0 Å². The molecule has 3 aromatic heterocycles. The fourth-order valence-electron chi connectivity index (χ4n) is 1.88. The Morgan fingerprint density at radius 3 is 3.00 bits per heavy atom. The largest absolute Gasteiger partial charge is 0.354 e. The van der Waals surface area contributed by atoms with E-state index in [4.69, 9.17) is 0 Å². The second-order valence-electron chi connectivity index (χ2n) is 4.08. The molecule has 1 amide bonds. The van der Waals surface area contributed by atoms with Crippen molar-refractivity contribution in [3.05, 3.63) is 47.0 Å². The Morgan fingerprint density at radius 2 is 2.20 bits per heavy atom. The predicted molar refractivity (Wildman–Crippen MR) is 77.8 cm³/mol. The summed E-state index contributed by atoms with van der Waals surface area (Å²) < 4.78 is 2.48. The van der Waals surface area contributed by atoms with Gasteiger partial charge in [-0.25, -0.2) is 4.68 Å². The summed E-state index contributed by atoms with van der Waals surface area (Å²) in [5.74, 6) is -0.224. The molecular formula is C13H10BrN5O. The summed E-state index contributed by atoms with van der Waals surface area (Å²) in [6, 6.07) is 5.35. The fourth-order valence-corrected chi connectivity index (χ4v) is 2.20. The maximum Gasteiger partial charge on any atom is 0.271 e. The number of halogens is 1. The van der Waals surface area contributed by atoms with Crippen molar-refractivity contribution in [3.63, 3.8) is 0 Å². The lowest BCUT2D eigenvalue weighted by atomic mass is 10.3. The smallest absolute Gasteiger partial charge is 0.271 e. The van der Waals surface area contributed by atoms with E-state index in [1.54, 1.807) is 36.4 Å². The van der Waals surface area contributed by atoms with Gasteiger partial charge in [-0.2, -0.15) is 5.10 Å². The first-order valence-electron chi connectivity index (χ1n) is 5.87. The van der Waals surface area contributed by atoms with Crippen LogP contribution in [0, 0.1) is 0 Å². The Balaban J connectivity index is 2.14. The molecule has 3 rings (SSSR count). The molecule has 3 heterocycles. The number of hydrogen-bond donors (Lipinski definition) is 1. The minimum absolute atomic E-state index is 0.224. The summed E-state index contributed by atoms with van der Waals surface area (Å²) in [4.78, 5) is 20.2. The highest BCUT2D eigenvalue weighted by Crippen LogP contribution is 2.20. The van der Waals surface area contributed by atoms with E-state index < -0.39 is 0 Å². The van der Waals surface area contributed by atoms with Gasteiger partial charge in [0.05, 0.1) is 11.2 Å². The van der Waals surface area contributed by atoms with Crippen molar-refractivity contribution in [2.75, 3.05) is 7.05 Å². The van der Waals surface area contributed by atoms with Crippen molar-refractivity contribution in [2.45, 2.75) is 0 Å². The Labute approximate surface area is 123 Å². The fraction of sp³-hybridized carbons (Fsp3) is 0.0769. The van der Waals surface area contributed by atoms with Crippen LogP contribution in [0.25, 0.3) is 16.7 Å². The molecule has 0 atom stereocenters. The molecule has 100 valence electrons. The van der Waals surface area contributed by atoms with Gasteiger partial charge in [0.25, 0.3) is 5.91 Å². The number of rotatable bonds is 2. The Kier molecular flexibility index (Phi) is 3.19. The maximum atomic E-state index is 11.5. The van der Waals surface area contributed by atoms with E-state index in [0.29, 0.717) is 5.69 Å². The minimum atomic E-state index is -0.224. The molecule has 0 aliphatic carbocycles. The van der Waals surface area contributed by atoms with Crippen molar-refractivity contribution in [2.24, 2.45) is 0 Å². The van der Waals surface area contributed by atoms with Crippen LogP contribution in [-0.4, -0.2) is 32.7 Å². The summed E-state index contributed by atoms with van der Waals surface area (Å²) in [6.07, 6.45) is 5.12. The molecule has 0 aromatic carbocycles. The number of pyridine rings is 2. The molecule has 0 saturated heterocycles. The SMILES string of the molecule is CNC(=O)c1ccn(-c2ccnc3cc(Br)cnc23)n1. The number of amides is 1. The minimum Gasteiger partial charge on any atom is -0.354 e. The normalized spacial score (nSPS) is 10.7. The molecule has 6 nitrogen and oxygen atoms in total. The molecule has 0 unspecified atom stereocenters. The summed E-state index contributed by atoms with van der Waals surface area (Å²) in [7, 11) is 1.57. The van der Waals surface area contributed by atoms with E-state index >= 15 is 0 Å². The number of nitrogens with one attached hydrogen (secondary N) is 1. The Morgan fingerprint density at radius 1 is 1.35 bits per heavy atom. The molecule has 0 bridgehead atoms. The van der Waals surface area contributed by atoms with Crippen LogP contribution in [-0.2, 0) is 0 Å². The van der Waals surface area contributed by atoms with Gasteiger partial charge < -0.3 is 5.32 Å². The van der Waals surface area contributed by atoms with Gasteiger partial charge in [0.2, 0.25) is 0 Å². The van der Waals surface area contributed by atoms with Crippen LogP contribution < -0.4 is 5.32 Å². The average Bonchev–Trinajstić information content (AvgIpc) is 2.95. The number of carbonyl (C=O) groups excluding carboxylic acids is 1. The number of carbonyl (C=O) groups is 1. The van der Waals surface area contributed by atoms with E-state index in [-0.39, 0.29) is 5.91 Å². The Hall–Kier alpha value is -2.28. The maximum absolute atomic E-state index is 11.5. The van der Waals surface area contributed by atoms with Crippen LogP contribution in [0.2, 0.25) is 0 Å². The second-order valence-corrected chi connectivity index (χ2v) is 4.99. The number of fused-ring (bicyclic) bond motifs is 1. The summed E-state index contributed by atoms with van der Waals surface area (Å²) in [5.41, 5.74) is 2.61. The van der Waals surface area contributed by atoms with Crippen molar-refractivity contribution in [1.29, 1.82) is 0 Å². The third kappa shape index (κ3) is 2.16. The van der Waals surface area contributed by atoms with Gasteiger partial charge in [-0.1, -0.05) is 0 Å². The second kappa shape index (κ2) is 5.01. The lowest BCUT2D eigenvalue weighted by Gasteiger charge is -2.05. The van der Waals surface area contributed by atoms with Crippen molar-refractivity contribution < 1.29 is 4.79 Å². The van der Waals surface area contributed by atoms with Gasteiger partial charge in [-0.15, -0.1) is 0 Å². The van der Waals surface area contributed by atoms with Crippen molar-refractivity contribution in [1.82, 2.24) is 25.1 Å². The molecule has 0 saturated carbocycles. The van der Waals surface area contributed by atoms with Gasteiger partial charge in [0.1, 0.15) is 5.52 Å². The molecule has 0 fully saturated rings. The lowest BCUT2D eigenvalue weighted by molar-refractivity contribution is 0.0957. The van der Waals surface area contributed by atoms with E-state index in [2.05, 4.69) is 36.3 Å². The molecule has 0 radical (unpaired) electrons. The highest BCUT2D eigenvalue weighted by molar-refractivity contribution is 9.10. The monoisotopic (exact) mass is 331 g/mol. The number of nitrogens with zero attached hydrogens (tertiary/aromatic N) is 4. The third-order valence-electron chi connectivity index (χ3n) is 2.82. The zero-order chi connectivity index (χ0) is 14.1. The summed E-state index contributed by atoms with van der Waals surface area (Å²) in [5, 5.41) is 6.79. The van der Waals surface area contributed by atoms with Gasteiger partial charge in [-0.3, -0.25) is 14.8 Å². The first-order chi connectivity index (χ1) is 9.69. The average molecular weight is 332 g/mol. The van der Waals surface area contributed by atoms with Crippen LogP contribution in [0.5, 0.6) is 0 Å². The summed E-state index contributed by atoms with van der Waals surface area (Å²) >= 11 is 3.37. The molecule has 0 aliphatic rings. The van der Waals surface area contributed by atoms with E-state index in [0.717, 1.165) is 21.2 Å². The van der Waals surface area contributed by atoms with Crippen molar-refractivity contribution >= 4 is 32.9 Å². The standard InChI is InChI=1S/C13H10BrN5O/c1-15-13(20)9-3-5-19(18-9)11-2-4-16-10-6-8(14)7-17-12(10)11/h2-7H,1H3,(H,15,20). The first-order valence-corrected chi connectivity index (χ1v) is 6.67. The van der Waals surface area contributed by atoms with Crippen LogP contribution in [0.4, 0.5) is 0 Å². The molecular weight excluding hydrogens is 322 g/mol. The molecule has 7 heteroatoms. The van der Waals surface area contributed by atoms with E-state index in [1.165, 1.54) is 0 Å². The topological polar surface area (TPSA) is 72.7 Å².